The van der Waals surface area contributed by atoms with E-state index in [1.54, 1.807) is 12.4 Å². The highest BCUT2D eigenvalue weighted by atomic mass is 32.1. The van der Waals surface area contributed by atoms with Gasteiger partial charge in [-0.1, -0.05) is 6.08 Å². The Bertz CT molecular complexity index is 417. The summed E-state index contributed by atoms with van der Waals surface area (Å²) >= 11 is 1.41. The van der Waals surface area contributed by atoms with Crippen molar-refractivity contribution in [2.24, 2.45) is 0 Å². The predicted octanol–water partition coefficient (Wildman–Crippen LogP) is 1.77. The highest BCUT2D eigenvalue weighted by molar-refractivity contribution is 7.10. The topological polar surface area (TPSA) is 57.0 Å². The second kappa shape index (κ2) is 5.27. The molecule has 0 aromatic carbocycles. The fraction of sp³-hybridized carbons (Fsp3) is 0.300. The molecule has 1 aromatic rings. The number of nitriles is 1. The Hall–Kier alpha value is -1.67. The van der Waals surface area contributed by atoms with Gasteiger partial charge >= 0.3 is 0 Å². The molecule has 0 saturated carbocycles. The number of aromatic nitrogens is 1. The number of allylic oxidation sites excluding steroid dienone is 1. The maximum Gasteiger partial charge on any atom is 0.273 e. The summed E-state index contributed by atoms with van der Waals surface area (Å²) in [6.07, 6.45) is 3.71. The quantitative estimate of drug-likeness (QED) is 0.731. The molecule has 0 bridgehead atoms. The third-order valence-electron chi connectivity index (χ3n) is 1.70. The number of nitrogens with zero attached hydrogens (tertiary/aromatic N) is 3. The molecule has 0 radical (unpaired) electrons. The number of carbonyl (C=O) groups excluding carboxylic acids is 1. The van der Waals surface area contributed by atoms with Crippen LogP contribution < -0.4 is 0 Å². The van der Waals surface area contributed by atoms with Crippen LogP contribution in [0.2, 0.25) is 0 Å². The van der Waals surface area contributed by atoms with Gasteiger partial charge < -0.3 is 4.90 Å². The fourth-order valence-electron chi connectivity index (χ4n) is 0.978. The van der Waals surface area contributed by atoms with Crippen molar-refractivity contribution in [2.45, 2.75) is 6.92 Å². The Morgan fingerprint density at radius 3 is 3.13 bits per heavy atom. The van der Waals surface area contributed by atoms with Crippen LogP contribution in [-0.2, 0) is 0 Å². The first-order chi connectivity index (χ1) is 7.19. The molecule has 0 spiro atoms. The van der Waals surface area contributed by atoms with Gasteiger partial charge in [-0.25, -0.2) is 4.98 Å². The zero-order valence-electron chi connectivity index (χ0n) is 8.60. The fourth-order valence-corrected chi connectivity index (χ4v) is 1.73. The minimum Gasteiger partial charge on any atom is -0.327 e. The molecular weight excluding hydrogens is 210 g/mol. The summed E-state index contributed by atoms with van der Waals surface area (Å²) in [4.78, 5) is 17.1. The normalized spacial score (nSPS) is 10.2. The predicted molar refractivity (Wildman–Crippen MR) is 59.4 cm³/mol. The van der Waals surface area contributed by atoms with Gasteiger partial charge in [0.05, 0.1) is 6.07 Å². The van der Waals surface area contributed by atoms with Crippen molar-refractivity contribution in [3.05, 3.63) is 22.2 Å². The van der Waals surface area contributed by atoms with Crippen molar-refractivity contribution in [1.82, 2.24) is 9.88 Å². The van der Waals surface area contributed by atoms with Gasteiger partial charge in [0.25, 0.3) is 5.91 Å². The van der Waals surface area contributed by atoms with E-state index in [0.29, 0.717) is 5.69 Å². The van der Waals surface area contributed by atoms with Crippen LogP contribution in [0.15, 0.2) is 11.5 Å². The number of amides is 1. The van der Waals surface area contributed by atoms with Gasteiger partial charge in [0.2, 0.25) is 0 Å². The maximum absolute atomic E-state index is 11.6. The molecule has 1 aromatic heterocycles. The number of hydrogen-bond acceptors (Lipinski definition) is 4. The smallest absolute Gasteiger partial charge is 0.273 e. The van der Waals surface area contributed by atoms with E-state index in [1.165, 1.54) is 16.2 Å². The van der Waals surface area contributed by atoms with Gasteiger partial charge in [-0.2, -0.15) is 5.26 Å². The minimum absolute atomic E-state index is 0.0787. The first kappa shape index (κ1) is 11.4. The highest BCUT2D eigenvalue weighted by Crippen LogP contribution is 2.12. The van der Waals surface area contributed by atoms with E-state index in [1.807, 2.05) is 25.1 Å². The van der Waals surface area contributed by atoms with Crippen LogP contribution in [0.4, 0.5) is 0 Å². The van der Waals surface area contributed by atoms with Crippen LogP contribution >= 0.6 is 11.3 Å². The molecule has 1 rings (SSSR count). The van der Waals surface area contributed by atoms with Crippen molar-refractivity contribution in [3.8, 4) is 6.07 Å². The first-order valence-corrected chi connectivity index (χ1v) is 5.27. The largest absolute Gasteiger partial charge is 0.327 e. The third kappa shape index (κ3) is 2.89. The SMILES string of the molecule is C/C=C\c1nc(C(=O)N(C)CC#N)cs1. The third-order valence-corrected chi connectivity index (χ3v) is 2.51. The standard InChI is InChI=1S/C10H11N3OS/c1-3-4-9-12-8(7-15-9)10(14)13(2)6-5-11/h3-4,7H,6H2,1-2H3/b4-3-. The molecule has 5 heteroatoms. The van der Waals surface area contributed by atoms with Crippen LogP contribution in [-0.4, -0.2) is 29.4 Å². The summed E-state index contributed by atoms with van der Waals surface area (Å²) in [6, 6.07) is 1.92. The number of hydrogen-bond donors (Lipinski definition) is 0. The monoisotopic (exact) mass is 221 g/mol. The van der Waals surface area contributed by atoms with Gasteiger partial charge in [-0.05, 0) is 13.0 Å². The van der Waals surface area contributed by atoms with Crippen molar-refractivity contribution < 1.29 is 4.79 Å². The molecule has 0 fully saturated rings. The van der Waals surface area contributed by atoms with Crippen LogP contribution in [0, 0.1) is 11.3 Å². The summed E-state index contributed by atoms with van der Waals surface area (Å²) in [5.41, 5.74) is 0.394. The van der Waals surface area contributed by atoms with E-state index in [-0.39, 0.29) is 12.5 Å². The lowest BCUT2D eigenvalue weighted by Crippen LogP contribution is -2.27. The zero-order chi connectivity index (χ0) is 11.3. The van der Waals surface area contributed by atoms with Crippen LogP contribution in [0.3, 0.4) is 0 Å². The Balaban J connectivity index is 2.79. The average Bonchev–Trinajstić information content (AvgIpc) is 2.66. The molecule has 0 aliphatic carbocycles. The zero-order valence-corrected chi connectivity index (χ0v) is 9.41. The molecule has 1 amide bonds. The number of carbonyl (C=O) groups is 1. The molecule has 15 heavy (non-hydrogen) atoms. The molecule has 0 aliphatic heterocycles. The van der Waals surface area contributed by atoms with Crippen molar-refractivity contribution in [2.75, 3.05) is 13.6 Å². The lowest BCUT2D eigenvalue weighted by Gasteiger charge is -2.10. The number of thiazole rings is 1. The van der Waals surface area contributed by atoms with Crippen molar-refractivity contribution >= 4 is 23.3 Å². The molecule has 0 saturated heterocycles. The second-order valence-corrected chi connectivity index (χ2v) is 3.78. The van der Waals surface area contributed by atoms with Crippen LogP contribution in [0.5, 0.6) is 0 Å². The van der Waals surface area contributed by atoms with Gasteiger partial charge in [0.1, 0.15) is 17.2 Å². The second-order valence-electron chi connectivity index (χ2n) is 2.89. The van der Waals surface area contributed by atoms with E-state index < -0.39 is 0 Å². The molecule has 1 heterocycles. The average molecular weight is 221 g/mol. The van der Waals surface area contributed by atoms with E-state index in [2.05, 4.69) is 4.98 Å². The van der Waals surface area contributed by atoms with Gasteiger partial charge in [-0.3, -0.25) is 4.79 Å². The Morgan fingerprint density at radius 1 is 1.80 bits per heavy atom. The molecular formula is C10H11N3OS. The number of rotatable bonds is 3. The highest BCUT2D eigenvalue weighted by Gasteiger charge is 2.13. The molecule has 0 N–H and O–H groups in total. The van der Waals surface area contributed by atoms with Crippen molar-refractivity contribution in [1.29, 1.82) is 5.26 Å². The summed E-state index contributed by atoms with van der Waals surface area (Å²) in [5, 5.41) is 10.9. The molecule has 4 nitrogen and oxygen atoms in total. The lowest BCUT2D eigenvalue weighted by molar-refractivity contribution is 0.0807. The lowest BCUT2D eigenvalue weighted by atomic mass is 10.4. The van der Waals surface area contributed by atoms with E-state index in [0.717, 1.165) is 5.01 Å². The van der Waals surface area contributed by atoms with E-state index >= 15 is 0 Å². The summed E-state index contributed by atoms with van der Waals surface area (Å²) in [7, 11) is 1.58. The maximum atomic E-state index is 11.6. The Labute approximate surface area is 92.5 Å². The molecule has 0 atom stereocenters. The Morgan fingerprint density at radius 2 is 2.53 bits per heavy atom. The first-order valence-electron chi connectivity index (χ1n) is 4.39. The van der Waals surface area contributed by atoms with Gasteiger partial charge in [0, 0.05) is 12.4 Å². The van der Waals surface area contributed by atoms with E-state index in [9.17, 15) is 4.79 Å². The summed E-state index contributed by atoms with van der Waals surface area (Å²) < 4.78 is 0. The summed E-state index contributed by atoms with van der Waals surface area (Å²) in [6.45, 7) is 1.97. The molecule has 78 valence electrons. The molecule has 0 aliphatic rings. The molecule has 0 unspecified atom stereocenters. The van der Waals surface area contributed by atoms with Crippen LogP contribution in [0.25, 0.3) is 6.08 Å². The van der Waals surface area contributed by atoms with Gasteiger partial charge in [-0.15, -0.1) is 11.3 Å². The van der Waals surface area contributed by atoms with Gasteiger partial charge in [0.15, 0.2) is 0 Å². The minimum atomic E-state index is -0.219. The van der Waals surface area contributed by atoms with E-state index in [4.69, 9.17) is 5.26 Å². The Kier molecular flexibility index (Phi) is 4.01. The van der Waals surface area contributed by atoms with Crippen molar-refractivity contribution in [3.63, 3.8) is 0 Å². The van der Waals surface area contributed by atoms with Crippen LogP contribution in [0.1, 0.15) is 22.4 Å². The summed E-state index contributed by atoms with van der Waals surface area (Å²) in [5.74, 6) is -0.219.